The molecule has 7 rings (SSSR count). The van der Waals surface area contributed by atoms with E-state index >= 15 is 0 Å². The quantitative estimate of drug-likeness (QED) is 0.174. The molecular weight excluding hydrogens is 644 g/mol. The predicted octanol–water partition coefficient (Wildman–Crippen LogP) is 9.15. The molecule has 238 valence electrons. The zero-order valence-corrected chi connectivity index (χ0v) is 24.7. The Balaban J connectivity index is 1.51. The summed E-state index contributed by atoms with van der Waals surface area (Å²) in [6.45, 7) is 0. The van der Waals surface area contributed by atoms with E-state index in [2.05, 4.69) is 19.9 Å². The van der Waals surface area contributed by atoms with Crippen molar-refractivity contribution in [1.29, 1.82) is 10.5 Å². The number of hydrogen-bond donors (Lipinski definition) is 0. The molecule has 0 aliphatic carbocycles. The third-order valence-corrected chi connectivity index (χ3v) is 7.94. The zero-order chi connectivity index (χ0) is 34.5. The molecule has 0 atom stereocenters. The Morgan fingerprint density at radius 3 is 1.80 bits per heavy atom. The van der Waals surface area contributed by atoms with E-state index in [1.165, 1.54) is 36.9 Å². The van der Waals surface area contributed by atoms with Crippen molar-refractivity contribution in [3.05, 3.63) is 126 Å². The fourth-order valence-electron chi connectivity index (χ4n) is 5.71. The van der Waals surface area contributed by atoms with Crippen LogP contribution in [0.1, 0.15) is 22.3 Å². The van der Waals surface area contributed by atoms with Crippen LogP contribution in [0, 0.1) is 22.7 Å². The standard InChI is InChI=1S/C36H17F6N7/c37-35(38,39)24-7-9-25(29(13-24)36(40,41)42)22-5-8-27-26-3-1-2-4-30(26)49(32(27)12-22)31-10-6-23(33-45-16-20(14-43)17-46-33)11-28(31)34-47-18-21(15-44)19-48-34/h1-13,16-19H. The third-order valence-electron chi connectivity index (χ3n) is 7.94. The Morgan fingerprint density at radius 2 is 1.16 bits per heavy atom. The number of alkyl halides is 6. The summed E-state index contributed by atoms with van der Waals surface area (Å²) in [7, 11) is 0. The highest BCUT2D eigenvalue weighted by Gasteiger charge is 2.38. The highest BCUT2D eigenvalue weighted by Crippen LogP contribution is 2.43. The van der Waals surface area contributed by atoms with Crippen molar-refractivity contribution in [1.82, 2.24) is 24.5 Å². The van der Waals surface area contributed by atoms with Crippen molar-refractivity contribution < 1.29 is 26.3 Å². The monoisotopic (exact) mass is 661 g/mol. The topological polar surface area (TPSA) is 104 Å². The normalized spacial score (nSPS) is 11.8. The molecule has 7 aromatic rings. The van der Waals surface area contributed by atoms with Crippen LogP contribution < -0.4 is 0 Å². The Bertz CT molecular complexity index is 2490. The molecule has 7 nitrogen and oxygen atoms in total. The first-order valence-electron chi connectivity index (χ1n) is 14.4. The molecule has 13 heteroatoms. The summed E-state index contributed by atoms with van der Waals surface area (Å²) in [5.74, 6) is 0.514. The van der Waals surface area contributed by atoms with Gasteiger partial charge in [-0.05, 0) is 53.6 Å². The van der Waals surface area contributed by atoms with Crippen molar-refractivity contribution in [2.45, 2.75) is 12.4 Å². The second kappa shape index (κ2) is 11.6. The number of fused-ring (bicyclic) bond motifs is 3. The van der Waals surface area contributed by atoms with E-state index in [-0.39, 0.29) is 28.6 Å². The van der Waals surface area contributed by atoms with Crippen LogP contribution in [0.4, 0.5) is 26.3 Å². The summed E-state index contributed by atoms with van der Waals surface area (Å²) in [6.07, 6.45) is -4.58. The Kier molecular flexibility index (Phi) is 7.33. The van der Waals surface area contributed by atoms with E-state index in [0.717, 1.165) is 11.5 Å². The second-order valence-electron chi connectivity index (χ2n) is 10.9. The first kappa shape index (κ1) is 31.0. The molecule has 0 N–H and O–H groups in total. The highest BCUT2D eigenvalue weighted by molar-refractivity contribution is 6.10. The molecule has 4 aromatic carbocycles. The Hall–Kier alpha value is -6.60. The van der Waals surface area contributed by atoms with Crippen LogP contribution in [-0.4, -0.2) is 24.5 Å². The van der Waals surface area contributed by atoms with Crippen LogP contribution in [0.2, 0.25) is 0 Å². The maximum Gasteiger partial charge on any atom is 0.417 e. The summed E-state index contributed by atoms with van der Waals surface area (Å²) in [5.41, 5.74) is -0.0623. The molecular formula is C36H17F6N7. The van der Waals surface area contributed by atoms with Gasteiger partial charge in [0.1, 0.15) is 12.1 Å². The average Bonchev–Trinajstić information content (AvgIpc) is 3.44. The fraction of sp³-hybridized carbons (Fsp3) is 0.0556. The van der Waals surface area contributed by atoms with Gasteiger partial charge in [-0.1, -0.05) is 36.4 Å². The lowest BCUT2D eigenvalue weighted by atomic mass is 9.96. The first-order valence-corrected chi connectivity index (χ1v) is 14.4. The minimum atomic E-state index is -5.07. The molecule has 49 heavy (non-hydrogen) atoms. The van der Waals surface area contributed by atoms with Gasteiger partial charge in [0.2, 0.25) is 0 Å². The first-order chi connectivity index (χ1) is 23.5. The van der Waals surface area contributed by atoms with E-state index in [1.807, 2.05) is 34.9 Å². The molecule has 0 bridgehead atoms. The van der Waals surface area contributed by atoms with Gasteiger partial charge in [0, 0.05) is 46.7 Å². The lowest BCUT2D eigenvalue weighted by molar-refractivity contribution is -0.142. The molecule has 0 unspecified atom stereocenters. The molecule has 0 saturated carbocycles. The van der Waals surface area contributed by atoms with Gasteiger partial charge in [-0.25, -0.2) is 19.9 Å². The number of nitrogens with zero attached hydrogens (tertiary/aromatic N) is 7. The van der Waals surface area contributed by atoms with Gasteiger partial charge in [0.25, 0.3) is 0 Å². The highest BCUT2D eigenvalue weighted by atomic mass is 19.4. The van der Waals surface area contributed by atoms with Gasteiger partial charge in [-0.3, -0.25) is 0 Å². The Labute approximate surface area is 273 Å². The smallest absolute Gasteiger partial charge is 0.308 e. The summed E-state index contributed by atoms with van der Waals surface area (Å²) in [5, 5.41) is 19.9. The largest absolute Gasteiger partial charge is 0.417 e. The zero-order valence-electron chi connectivity index (χ0n) is 24.7. The number of benzene rings is 4. The molecule has 0 radical (unpaired) electrons. The number of hydrogen-bond acceptors (Lipinski definition) is 6. The van der Waals surface area contributed by atoms with Crippen molar-refractivity contribution in [3.8, 4) is 51.7 Å². The van der Waals surface area contributed by atoms with E-state index < -0.39 is 29.0 Å². The SMILES string of the molecule is N#Cc1cnc(-c2ccc(-n3c4ccccc4c4ccc(-c5ccc(C(F)(F)F)cc5C(F)(F)F)cc43)c(-c3ncc(C#N)cn3)c2)nc1. The molecule has 0 aliphatic rings. The minimum Gasteiger partial charge on any atom is -0.308 e. The van der Waals surface area contributed by atoms with Gasteiger partial charge in [0.05, 0.1) is 39.0 Å². The molecule has 0 spiro atoms. The van der Waals surface area contributed by atoms with E-state index in [4.69, 9.17) is 5.26 Å². The fourth-order valence-corrected chi connectivity index (χ4v) is 5.71. The van der Waals surface area contributed by atoms with Gasteiger partial charge in [-0.2, -0.15) is 36.9 Å². The van der Waals surface area contributed by atoms with Crippen molar-refractivity contribution in [2.75, 3.05) is 0 Å². The molecule has 0 fully saturated rings. The molecule has 0 amide bonds. The number of aromatic nitrogens is 5. The molecule has 3 aromatic heterocycles. The Morgan fingerprint density at radius 1 is 0.551 bits per heavy atom. The van der Waals surface area contributed by atoms with Crippen LogP contribution in [0.3, 0.4) is 0 Å². The van der Waals surface area contributed by atoms with E-state index in [1.54, 1.807) is 30.3 Å². The van der Waals surface area contributed by atoms with Crippen LogP contribution in [0.5, 0.6) is 0 Å². The number of rotatable bonds is 4. The summed E-state index contributed by atoms with van der Waals surface area (Å²) in [6, 6.07) is 22.6. The summed E-state index contributed by atoms with van der Waals surface area (Å²) in [4.78, 5) is 17.4. The van der Waals surface area contributed by atoms with Crippen LogP contribution in [0.15, 0.2) is 104 Å². The third kappa shape index (κ3) is 5.57. The van der Waals surface area contributed by atoms with Crippen LogP contribution in [-0.2, 0) is 12.4 Å². The lowest BCUT2D eigenvalue weighted by Crippen LogP contribution is -2.12. The van der Waals surface area contributed by atoms with Crippen LogP contribution >= 0.6 is 0 Å². The van der Waals surface area contributed by atoms with Gasteiger partial charge in [0.15, 0.2) is 11.6 Å². The lowest BCUT2D eigenvalue weighted by Gasteiger charge is -2.17. The molecule has 0 aliphatic heterocycles. The summed E-state index contributed by atoms with van der Waals surface area (Å²) >= 11 is 0. The minimum absolute atomic E-state index is 0.0522. The van der Waals surface area contributed by atoms with Gasteiger partial charge in [-0.15, -0.1) is 0 Å². The number of nitriles is 2. The molecule has 3 heterocycles. The second-order valence-corrected chi connectivity index (χ2v) is 10.9. The van der Waals surface area contributed by atoms with Gasteiger partial charge < -0.3 is 4.57 Å². The predicted molar refractivity (Wildman–Crippen MR) is 168 cm³/mol. The van der Waals surface area contributed by atoms with Crippen molar-refractivity contribution in [2.24, 2.45) is 0 Å². The summed E-state index contributed by atoms with van der Waals surface area (Å²) < 4.78 is 84.7. The van der Waals surface area contributed by atoms with Crippen LogP contribution in [0.25, 0.3) is 61.4 Å². The maximum atomic E-state index is 14.2. The molecule has 0 saturated heterocycles. The number of para-hydroxylation sites is 1. The van der Waals surface area contributed by atoms with Crippen molar-refractivity contribution >= 4 is 21.8 Å². The van der Waals surface area contributed by atoms with Crippen molar-refractivity contribution in [3.63, 3.8) is 0 Å². The van der Waals surface area contributed by atoms with E-state index in [9.17, 15) is 31.6 Å². The number of halogens is 6. The maximum absolute atomic E-state index is 14.2. The van der Waals surface area contributed by atoms with Gasteiger partial charge >= 0.3 is 12.4 Å². The average molecular weight is 662 g/mol. The van der Waals surface area contributed by atoms with E-state index in [0.29, 0.717) is 45.1 Å².